The normalized spacial score (nSPS) is 20.6. The second kappa shape index (κ2) is 5.21. The molecule has 0 aromatic heterocycles. The van der Waals surface area contributed by atoms with E-state index in [1.54, 1.807) is 36.4 Å². The van der Waals surface area contributed by atoms with Crippen LogP contribution in [-0.4, -0.2) is 18.6 Å². The van der Waals surface area contributed by atoms with E-state index in [9.17, 15) is 18.5 Å². The monoisotopic (exact) mass is 317 g/mol. The lowest BCUT2D eigenvalue weighted by atomic mass is 10.1. The van der Waals surface area contributed by atoms with Crippen LogP contribution in [0.1, 0.15) is 23.5 Å². The summed E-state index contributed by atoms with van der Waals surface area (Å²) in [4.78, 5) is 10.7. The second-order valence-electron chi connectivity index (χ2n) is 5.59. The summed E-state index contributed by atoms with van der Waals surface area (Å²) < 4.78 is 25.1. The van der Waals surface area contributed by atoms with Crippen molar-refractivity contribution >= 4 is 15.5 Å². The van der Waals surface area contributed by atoms with Crippen LogP contribution in [-0.2, 0) is 9.84 Å². The topological polar surface area (TPSA) is 77.3 Å². The lowest BCUT2D eigenvalue weighted by molar-refractivity contribution is -0.384. The molecule has 2 aromatic rings. The highest BCUT2D eigenvalue weighted by atomic mass is 32.2. The van der Waals surface area contributed by atoms with Gasteiger partial charge in [0.2, 0.25) is 0 Å². The van der Waals surface area contributed by atoms with Crippen molar-refractivity contribution in [3.63, 3.8) is 0 Å². The van der Waals surface area contributed by atoms with Crippen LogP contribution in [0.3, 0.4) is 0 Å². The van der Waals surface area contributed by atoms with Crippen LogP contribution in [0.2, 0.25) is 0 Å². The van der Waals surface area contributed by atoms with Gasteiger partial charge in [-0.15, -0.1) is 0 Å². The van der Waals surface area contributed by atoms with Crippen molar-refractivity contribution in [1.82, 2.24) is 0 Å². The van der Waals surface area contributed by atoms with Crippen LogP contribution in [0.4, 0.5) is 5.69 Å². The van der Waals surface area contributed by atoms with Gasteiger partial charge in [0, 0.05) is 18.1 Å². The van der Waals surface area contributed by atoms with E-state index >= 15 is 0 Å². The molecule has 1 saturated carbocycles. The summed E-state index contributed by atoms with van der Waals surface area (Å²) in [6.07, 6.45) is 0.511. The Kier molecular flexibility index (Phi) is 3.48. The standard InChI is InChI=1S/C16H15NO4S/c1-11-5-7-14(8-6-11)22(20,21)16-10-15(16)12-3-2-4-13(9-12)17(18)19/h2-9,15-16H,10H2,1H3/t15-,16+/m0/s1. The molecule has 0 amide bonds. The van der Waals surface area contributed by atoms with Crippen LogP contribution >= 0.6 is 0 Å². The Balaban J connectivity index is 1.86. The van der Waals surface area contributed by atoms with Gasteiger partial charge >= 0.3 is 0 Å². The van der Waals surface area contributed by atoms with Gasteiger partial charge in [0.1, 0.15) is 0 Å². The SMILES string of the molecule is Cc1ccc(S(=O)(=O)[C@@H]2C[C@H]2c2cccc([N+](=O)[O-])c2)cc1. The summed E-state index contributed by atoms with van der Waals surface area (Å²) in [5.74, 6) is -0.161. The summed E-state index contributed by atoms with van der Waals surface area (Å²) in [7, 11) is -3.38. The summed E-state index contributed by atoms with van der Waals surface area (Å²) in [5, 5.41) is 10.3. The molecule has 0 unspecified atom stereocenters. The van der Waals surface area contributed by atoms with Crippen LogP contribution in [0, 0.1) is 17.0 Å². The Labute approximate surface area is 128 Å². The summed E-state index contributed by atoms with van der Waals surface area (Å²) in [5.41, 5.74) is 1.72. The lowest BCUT2D eigenvalue weighted by Crippen LogP contribution is -2.09. The fourth-order valence-electron chi connectivity index (χ4n) is 2.64. The molecule has 1 fully saturated rings. The number of non-ortho nitro benzene ring substituents is 1. The summed E-state index contributed by atoms with van der Waals surface area (Å²) in [6, 6.07) is 13.0. The van der Waals surface area contributed by atoms with Crippen molar-refractivity contribution in [3.05, 3.63) is 69.8 Å². The highest BCUT2D eigenvalue weighted by Gasteiger charge is 2.48. The number of nitro benzene ring substituents is 1. The number of aryl methyl sites for hydroxylation is 1. The molecule has 0 aliphatic heterocycles. The number of hydrogen-bond donors (Lipinski definition) is 0. The highest BCUT2D eigenvalue weighted by Crippen LogP contribution is 2.48. The second-order valence-corrected chi connectivity index (χ2v) is 7.76. The van der Waals surface area contributed by atoms with Crippen molar-refractivity contribution in [2.45, 2.75) is 29.4 Å². The Hall–Kier alpha value is -2.21. The average molecular weight is 317 g/mol. The third kappa shape index (κ3) is 2.62. The largest absolute Gasteiger partial charge is 0.269 e. The predicted octanol–water partition coefficient (Wildman–Crippen LogP) is 3.23. The van der Waals surface area contributed by atoms with Gasteiger partial charge in [-0.2, -0.15) is 0 Å². The molecule has 0 heterocycles. The minimum absolute atomic E-state index is 0.00381. The van der Waals surface area contributed by atoms with Crippen LogP contribution in [0.25, 0.3) is 0 Å². The van der Waals surface area contributed by atoms with E-state index in [2.05, 4.69) is 0 Å². The van der Waals surface area contributed by atoms with Gasteiger partial charge in [-0.25, -0.2) is 8.42 Å². The highest BCUT2D eigenvalue weighted by molar-refractivity contribution is 7.92. The quantitative estimate of drug-likeness (QED) is 0.640. The number of nitrogens with zero attached hydrogens (tertiary/aromatic N) is 1. The molecule has 2 atom stereocenters. The smallest absolute Gasteiger partial charge is 0.258 e. The van der Waals surface area contributed by atoms with Gasteiger partial charge in [0.05, 0.1) is 15.1 Å². The van der Waals surface area contributed by atoms with Gasteiger partial charge in [-0.1, -0.05) is 29.8 Å². The van der Waals surface area contributed by atoms with Crippen molar-refractivity contribution in [2.75, 3.05) is 0 Å². The molecular weight excluding hydrogens is 302 g/mol. The van der Waals surface area contributed by atoms with Crippen molar-refractivity contribution in [2.24, 2.45) is 0 Å². The first-order valence-electron chi connectivity index (χ1n) is 6.94. The molecular formula is C16H15NO4S. The maximum Gasteiger partial charge on any atom is 0.269 e. The van der Waals surface area contributed by atoms with Gasteiger partial charge in [-0.05, 0) is 31.0 Å². The lowest BCUT2D eigenvalue weighted by Gasteiger charge is -2.05. The third-order valence-electron chi connectivity index (χ3n) is 3.99. The zero-order valence-corrected chi connectivity index (χ0v) is 12.8. The first-order valence-corrected chi connectivity index (χ1v) is 8.49. The summed E-state index contributed by atoms with van der Waals surface area (Å²) >= 11 is 0. The van der Waals surface area contributed by atoms with Crippen LogP contribution in [0.15, 0.2) is 53.4 Å². The molecule has 6 heteroatoms. The van der Waals surface area contributed by atoms with Crippen molar-refractivity contribution in [1.29, 1.82) is 0 Å². The van der Waals surface area contributed by atoms with E-state index < -0.39 is 20.0 Å². The molecule has 22 heavy (non-hydrogen) atoms. The zero-order valence-electron chi connectivity index (χ0n) is 12.0. The number of sulfone groups is 1. The summed E-state index contributed by atoms with van der Waals surface area (Å²) in [6.45, 7) is 1.90. The first-order chi connectivity index (χ1) is 10.4. The molecule has 0 bridgehead atoms. The fraction of sp³-hybridized carbons (Fsp3) is 0.250. The average Bonchev–Trinajstić information content (AvgIpc) is 3.29. The zero-order chi connectivity index (χ0) is 15.9. The van der Waals surface area contributed by atoms with Gasteiger partial charge in [0.25, 0.3) is 5.69 Å². The van der Waals surface area contributed by atoms with Crippen molar-refractivity contribution in [3.8, 4) is 0 Å². The molecule has 5 nitrogen and oxygen atoms in total. The third-order valence-corrected chi connectivity index (χ3v) is 6.24. The number of hydrogen-bond acceptors (Lipinski definition) is 4. The van der Waals surface area contributed by atoms with E-state index in [1.165, 1.54) is 12.1 Å². The molecule has 114 valence electrons. The molecule has 3 rings (SSSR count). The van der Waals surface area contributed by atoms with Gasteiger partial charge < -0.3 is 0 Å². The van der Waals surface area contributed by atoms with Gasteiger partial charge in [0.15, 0.2) is 9.84 Å². The van der Waals surface area contributed by atoms with Crippen molar-refractivity contribution < 1.29 is 13.3 Å². The van der Waals surface area contributed by atoms with Crippen LogP contribution < -0.4 is 0 Å². The van der Waals surface area contributed by atoms with E-state index in [4.69, 9.17) is 0 Å². The molecule has 2 aromatic carbocycles. The molecule has 0 saturated heterocycles. The molecule has 0 spiro atoms. The van der Waals surface area contributed by atoms with E-state index in [1.807, 2.05) is 6.92 Å². The Morgan fingerprint density at radius 1 is 1.14 bits per heavy atom. The fourth-order valence-corrected chi connectivity index (χ4v) is 4.55. The minimum Gasteiger partial charge on any atom is -0.258 e. The van der Waals surface area contributed by atoms with Gasteiger partial charge in [-0.3, -0.25) is 10.1 Å². The Morgan fingerprint density at radius 2 is 1.82 bits per heavy atom. The molecule has 1 aliphatic rings. The minimum atomic E-state index is -3.38. The maximum atomic E-state index is 12.6. The van der Waals surface area contributed by atoms with E-state index in [0.29, 0.717) is 11.3 Å². The Bertz CT molecular complexity index is 827. The molecule has 1 aliphatic carbocycles. The number of nitro groups is 1. The predicted molar refractivity (Wildman–Crippen MR) is 82.6 cm³/mol. The Morgan fingerprint density at radius 3 is 2.45 bits per heavy atom. The molecule has 0 radical (unpaired) electrons. The number of benzene rings is 2. The maximum absolute atomic E-state index is 12.6. The number of rotatable bonds is 4. The molecule has 0 N–H and O–H groups in total. The van der Waals surface area contributed by atoms with Crippen LogP contribution in [0.5, 0.6) is 0 Å². The van der Waals surface area contributed by atoms with E-state index in [0.717, 1.165) is 11.1 Å². The first kappa shape index (κ1) is 14.7. The van der Waals surface area contributed by atoms with E-state index in [-0.39, 0.29) is 11.6 Å².